The van der Waals surface area contributed by atoms with Crippen LogP contribution in [0.25, 0.3) is 11.0 Å². The normalized spacial score (nSPS) is 14.4. The van der Waals surface area contributed by atoms with Crippen molar-refractivity contribution in [3.8, 4) is 5.75 Å². The number of nitrogens with zero attached hydrogens (tertiary/aromatic N) is 2. The third kappa shape index (κ3) is 6.02. The summed E-state index contributed by atoms with van der Waals surface area (Å²) in [5.41, 5.74) is 2.59. The molecule has 1 aromatic heterocycles. The lowest BCUT2D eigenvalue weighted by Gasteiger charge is -2.25. The van der Waals surface area contributed by atoms with Crippen molar-refractivity contribution in [2.45, 2.75) is 0 Å². The molecule has 9 heteroatoms. The Morgan fingerprint density at radius 1 is 1.12 bits per heavy atom. The molecule has 4 rings (SSSR count). The maximum atomic E-state index is 13.1. The highest BCUT2D eigenvalue weighted by Crippen LogP contribution is 2.26. The number of ether oxygens (including phenoxy) is 2. The van der Waals surface area contributed by atoms with Crippen molar-refractivity contribution in [2.75, 3.05) is 50.9 Å². The Kier molecular flexibility index (Phi) is 7.92. The molecule has 2 N–H and O–H groups in total. The predicted octanol–water partition coefficient (Wildman–Crippen LogP) is 2.85. The second-order valence-electron chi connectivity index (χ2n) is 7.74. The van der Waals surface area contributed by atoms with E-state index in [9.17, 15) is 9.59 Å². The standard InChI is InChI=1S/C25H27N3O6/c29-23(6-3-11-27-12-15-32-16-13-27)28(24-18-20-4-1-2-5-22(20)34-24)14-17-33-21-9-7-19(8-10-21)25(30)26-31/h1-10,18,31H,11-17H2,(H,26,30)/b6-3+. The van der Waals surface area contributed by atoms with Crippen LogP contribution in [0.1, 0.15) is 10.4 Å². The van der Waals surface area contributed by atoms with Crippen LogP contribution in [0.15, 0.2) is 71.2 Å². The van der Waals surface area contributed by atoms with Crippen molar-refractivity contribution < 1.29 is 28.7 Å². The van der Waals surface area contributed by atoms with E-state index in [-0.39, 0.29) is 19.1 Å². The van der Waals surface area contributed by atoms with Crippen molar-refractivity contribution in [3.63, 3.8) is 0 Å². The molecule has 0 radical (unpaired) electrons. The first kappa shape index (κ1) is 23.5. The first-order valence-electron chi connectivity index (χ1n) is 11.1. The second kappa shape index (κ2) is 11.5. The molecule has 3 aromatic rings. The summed E-state index contributed by atoms with van der Waals surface area (Å²) in [5, 5.41) is 9.63. The number of benzene rings is 2. The minimum absolute atomic E-state index is 0.203. The largest absolute Gasteiger partial charge is 0.492 e. The van der Waals surface area contributed by atoms with E-state index in [4.69, 9.17) is 19.1 Å². The number of hydroxylamine groups is 1. The number of furan rings is 1. The van der Waals surface area contributed by atoms with Crippen LogP contribution in [0.2, 0.25) is 0 Å². The molecule has 0 atom stereocenters. The smallest absolute Gasteiger partial charge is 0.274 e. The lowest BCUT2D eigenvalue weighted by atomic mass is 10.2. The molecule has 1 aliphatic heterocycles. The number of morpholine rings is 1. The first-order valence-corrected chi connectivity index (χ1v) is 11.1. The van der Waals surface area contributed by atoms with Gasteiger partial charge < -0.3 is 13.9 Å². The Morgan fingerprint density at radius 3 is 2.62 bits per heavy atom. The number of anilines is 1. The molecule has 0 spiro atoms. The summed E-state index contributed by atoms with van der Waals surface area (Å²) in [5.74, 6) is 0.179. The lowest BCUT2D eigenvalue weighted by Crippen LogP contribution is -2.36. The summed E-state index contributed by atoms with van der Waals surface area (Å²) in [6.45, 7) is 4.25. The van der Waals surface area contributed by atoms with Crippen molar-refractivity contribution >= 4 is 28.7 Å². The van der Waals surface area contributed by atoms with Crippen LogP contribution in [-0.4, -0.2) is 67.9 Å². The molecule has 2 aromatic carbocycles. The molecule has 0 bridgehead atoms. The monoisotopic (exact) mass is 465 g/mol. The highest BCUT2D eigenvalue weighted by atomic mass is 16.5. The molecule has 1 aliphatic rings. The third-order valence-electron chi connectivity index (χ3n) is 5.47. The zero-order valence-electron chi connectivity index (χ0n) is 18.7. The van der Waals surface area contributed by atoms with Gasteiger partial charge in [0.2, 0.25) is 5.88 Å². The fourth-order valence-electron chi connectivity index (χ4n) is 3.63. The van der Waals surface area contributed by atoms with E-state index in [1.807, 2.05) is 36.4 Å². The maximum absolute atomic E-state index is 13.1. The SMILES string of the molecule is O=C(NO)c1ccc(OCCN(C(=O)/C=C/CN2CCOCC2)c2cc3ccccc3o2)cc1. The minimum atomic E-state index is -0.600. The van der Waals surface area contributed by atoms with Crippen LogP contribution in [0.5, 0.6) is 5.75 Å². The van der Waals surface area contributed by atoms with Crippen LogP contribution in [-0.2, 0) is 9.53 Å². The van der Waals surface area contributed by atoms with Crippen LogP contribution in [0.4, 0.5) is 5.88 Å². The van der Waals surface area contributed by atoms with Gasteiger partial charge in [0, 0.05) is 42.7 Å². The van der Waals surface area contributed by atoms with Gasteiger partial charge in [-0.05, 0) is 30.3 Å². The van der Waals surface area contributed by atoms with Gasteiger partial charge in [0.15, 0.2) is 0 Å². The van der Waals surface area contributed by atoms with E-state index in [1.165, 1.54) is 12.1 Å². The van der Waals surface area contributed by atoms with E-state index in [0.717, 1.165) is 18.5 Å². The lowest BCUT2D eigenvalue weighted by molar-refractivity contribution is -0.114. The van der Waals surface area contributed by atoms with Gasteiger partial charge in [-0.15, -0.1) is 0 Å². The highest BCUT2D eigenvalue weighted by molar-refractivity contribution is 6.01. The summed E-state index contributed by atoms with van der Waals surface area (Å²) in [7, 11) is 0. The molecule has 34 heavy (non-hydrogen) atoms. The van der Waals surface area contributed by atoms with Crippen molar-refractivity contribution in [1.29, 1.82) is 0 Å². The molecule has 178 valence electrons. The fraction of sp³-hybridized carbons (Fsp3) is 0.280. The van der Waals surface area contributed by atoms with E-state index >= 15 is 0 Å². The third-order valence-corrected chi connectivity index (χ3v) is 5.47. The average molecular weight is 466 g/mol. The molecule has 2 heterocycles. The topological polar surface area (TPSA) is 104 Å². The van der Waals surface area contributed by atoms with Crippen molar-refractivity contribution in [3.05, 3.63) is 72.3 Å². The van der Waals surface area contributed by atoms with Crippen molar-refractivity contribution in [2.24, 2.45) is 0 Å². The number of hydrogen-bond donors (Lipinski definition) is 2. The van der Waals surface area contributed by atoms with Crippen LogP contribution < -0.4 is 15.1 Å². The second-order valence-corrected chi connectivity index (χ2v) is 7.74. The maximum Gasteiger partial charge on any atom is 0.274 e. The number of rotatable bonds is 9. The Balaban J connectivity index is 1.42. The number of carbonyl (C=O) groups excluding carboxylic acids is 2. The number of para-hydroxylation sites is 1. The number of fused-ring (bicyclic) bond motifs is 1. The van der Waals surface area contributed by atoms with Crippen molar-refractivity contribution in [1.82, 2.24) is 10.4 Å². The number of carbonyl (C=O) groups is 2. The summed E-state index contributed by atoms with van der Waals surface area (Å²) < 4.78 is 17.1. The molecule has 0 aliphatic carbocycles. The van der Waals surface area contributed by atoms with Gasteiger partial charge in [0.1, 0.15) is 17.9 Å². The van der Waals surface area contributed by atoms with Gasteiger partial charge in [-0.3, -0.25) is 24.6 Å². The molecule has 1 fully saturated rings. The zero-order chi connectivity index (χ0) is 23.8. The quantitative estimate of drug-likeness (QED) is 0.284. The summed E-state index contributed by atoms with van der Waals surface area (Å²) in [6.07, 6.45) is 3.42. The molecule has 1 saturated heterocycles. The van der Waals surface area contributed by atoms with E-state index < -0.39 is 5.91 Å². The average Bonchev–Trinajstić information content (AvgIpc) is 3.31. The number of amides is 2. The highest BCUT2D eigenvalue weighted by Gasteiger charge is 2.18. The Morgan fingerprint density at radius 2 is 1.88 bits per heavy atom. The van der Waals surface area contributed by atoms with E-state index in [0.29, 0.717) is 42.5 Å². The van der Waals surface area contributed by atoms with Gasteiger partial charge in [0.05, 0.1) is 19.8 Å². The molecular weight excluding hydrogens is 438 g/mol. The Bertz CT molecular complexity index is 1100. The molecule has 0 saturated carbocycles. The van der Waals surface area contributed by atoms with Crippen LogP contribution in [0.3, 0.4) is 0 Å². The first-order chi connectivity index (χ1) is 16.6. The molecule has 2 amide bonds. The van der Waals surface area contributed by atoms with Gasteiger partial charge in [-0.1, -0.05) is 24.3 Å². The summed E-state index contributed by atoms with van der Waals surface area (Å²) in [4.78, 5) is 28.3. The van der Waals surface area contributed by atoms with Gasteiger partial charge >= 0.3 is 0 Å². The fourth-order valence-corrected chi connectivity index (χ4v) is 3.63. The predicted molar refractivity (Wildman–Crippen MR) is 126 cm³/mol. The van der Waals surface area contributed by atoms with Crippen LogP contribution >= 0.6 is 0 Å². The van der Waals surface area contributed by atoms with Gasteiger partial charge in [0.25, 0.3) is 11.8 Å². The van der Waals surface area contributed by atoms with E-state index in [1.54, 1.807) is 28.6 Å². The Labute approximate surface area is 197 Å². The molecule has 9 nitrogen and oxygen atoms in total. The van der Waals surface area contributed by atoms with E-state index in [2.05, 4.69) is 4.90 Å². The number of nitrogens with one attached hydrogen (secondary N) is 1. The number of hydrogen-bond acceptors (Lipinski definition) is 7. The van der Waals surface area contributed by atoms with Gasteiger partial charge in [-0.25, -0.2) is 5.48 Å². The van der Waals surface area contributed by atoms with Crippen LogP contribution in [0, 0.1) is 0 Å². The molecule has 0 unspecified atom stereocenters. The zero-order valence-corrected chi connectivity index (χ0v) is 18.7. The summed E-state index contributed by atoms with van der Waals surface area (Å²) >= 11 is 0. The Hall–Kier alpha value is -3.66. The molecular formula is C25H27N3O6. The van der Waals surface area contributed by atoms with Gasteiger partial charge in [-0.2, -0.15) is 0 Å². The minimum Gasteiger partial charge on any atom is -0.492 e. The summed E-state index contributed by atoms with van der Waals surface area (Å²) in [6, 6.07) is 15.8.